The lowest BCUT2D eigenvalue weighted by Gasteiger charge is -2.34. The summed E-state index contributed by atoms with van der Waals surface area (Å²) in [6, 6.07) is 6.06. The van der Waals surface area contributed by atoms with Gasteiger partial charge in [0.15, 0.2) is 0 Å². The Bertz CT molecular complexity index is 759. The molecule has 0 unspecified atom stereocenters. The van der Waals surface area contributed by atoms with E-state index in [9.17, 15) is 18.0 Å². The molecule has 1 aromatic heterocycles. The third-order valence-corrected chi connectivity index (χ3v) is 5.91. The molecule has 1 aromatic rings. The van der Waals surface area contributed by atoms with Gasteiger partial charge in [-0.05, 0) is 42.7 Å². The van der Waals surface area contributed by atoms with Crippen LogP contribution in [0.25, 0.3) is 0 Å². The molecule has 3 atom stereocenters. The molecule has 32 heavy (non-hydrogen) atoms. The van der Waals surface area contributed by atoms with Crippen LogP contribution in [-0.2, 0) is 25.7 Å². The maximum Gasteiger partial charge on any atom is 0.490 e. The molecule has 4 heterocycles. The molecular formula is C21H28F3N3O5. The van der Waals surface area contributed by atoms with Gasteiger partial charge in [0, 0.05) is 38.8 Å². The number of hydrogen-bond donors (Lipinski definition) is 1. The van der Waals surface area contributed by atoms with Crippen molar-refractivity contribution in [2.45, 2.75) is 32.0 Å². The van der Waals surface area contributed by atoms with Crippen LogP contribution >= 0.6 is 0 Å². The largest absolute Gasteiger partial charge is 0.490 e. The Morgan fingerprint density at radius 2 is 1.97 bits per heavy atom. The van der Waals surface area contributed by atoms with Gasteiger partial charge in [0.1, 0.15) is 0 Å². The fourth-order valence-corrected chi connectivity index (χ4v) is 4.37. The van der Waals surface area contributed by atoms with E-state index in [1.54, 1.807) is 5.06 Å². The molecule has 0 aromatic carbocycles. The standard InChI is InChI=1S/C19H27N3O3.C2HF3O2/c23-19(22-7-3-4-8-25-22)9-15-13-24-14-16-10-21(12-18(15)16)11-17-5-1-2-6-20-17;3-2(4,5)1(6)7/h1-2,5-6,15-16,18H,3-4,7-14H2;(H,6,7)/t15-,16-,18+;/m1./s1. The normalized spacial score (nSPS) is 26.1. The number of likely N-dealkylation sites (tertiary alicyclic amines) is 1. The van der Waals surface area contributed by atoms with E-state index in [0.29, 0.717) is 37.4 Å². The number of pyridine rings is 1. The number of hydrogen-bond acceptors (Lipinski definition) is 6. The van der Waals surface area contributed by atoms with Gasteiger partial charge >= 0.3 is 12.1 Å². The van der Waals surface area contributed by atoms with E-state index in [-0.39, 0.29) is 5.91 Å². The summed E-state index contributed by atoms with van der Waals surface area (Å²) in [4.78, 5) is 33.9. The minimum Gasteiger partial charge on any atom is -0.475 e. The zero-order valence-corrected chi connectivity index (χ0v) is 17.7. The zero-order valence-electron chi connectivity index (χ0n) is 17.7. The van der Waals surface area contributed by atoms with Crippen molar-refractivity contribution in [1.82, 2.24) is 14.9 Å². The van der Waals surface area contributed by atoms with Gasteiger partial charge in [-0.1, -0.05) is 6.07 Å². The molecule has 1 N–H and O–H groups in total. The maximum absolute atomic E-state index is 12.5. The molecule has 3 aliphatic heterocycles. The molecular weight excluding hydrogens is 431 g/mol. The van der Waals surface area contributed by atoms with Gasteiger partial charge in [0.05, 0.1) is 25.5 Å². The Morgan fingerprint density at radius 3 is 2.59 bits per heavy atom. The van der Waals surface area contributed by atoms with E-state index in [2.05, 4.69) is 16.0 Å². The van der Waals surface area contributed by atoms with Gasteiger partial charge in [-0.25, -0.2) is 9.86 Å². The molecule has 8 nitrogen and oxygen atoms in total. The molecule has 11 heteroatoms. The number of ether oxygens (including phenoxy) is 1. The van der Waals surface area contributed by atoms with Crippen molar-refractivity contribution in [2.24, 2.45) is 17.8 Å². The molecule has 4 rings (SSSR count). The first-order chi connectivity index (χ1) is 15.2. The third kappa shape index (κ3) is 6.88. The van der Waals surface area contributed by atoms with Crippen molar-refractivity contribution in [1.29, 1.82) is 0 Å². The number of alkyl halides is 3. The molecule has 3 fully saturated rings. The van der Waals surface area contributed by atoms with Crippen molar-refractivity contribution >= 4 is 11.9 Å². The Kier molecular flexibility index (Phi) is 8.44. The summed E-state index contributed by atoms with van der Waals surface area (Å²) in [6.45, 7) is 5.84. The highest BCUT2D eigenvalue weighted by atomic mass is 19.4. The van der Waals surface area contributed by atoms with E-state index >= 15 is 0 Å². The lowest BCUT2D eigenvalue weighted by Crippen LogP contribution is -2.41. The highest BCUT2D eigenvalue weighted by Crippen LogP contribution is 2.36. The predicted octanol–water partition coefficient (Wildman–Crippen LogP) is 2.35. The van der Waals surface area contributed by atoms with Crippen LogP contribution in [0, 0.1) is 17.8 Å². The Balaban J connectivity index is 0.000000360. The van der Waals surface area contributed by atoms with E-state index in [4.69, 9.17) is 19.5 Å². The minimum absolute atomic E-state index is 0.122. The second kappa shape index (κ2) is 11.1. The monoisotopic (exact) mass is 459 g/mol. The van der Waals surface area contributed by atoms with Crippen LogP contribution in [0.1, 0.15) is 25.0 Å². The van der Waals surface area contributed by atoms with Crippen LogP contribution in [-0.4, -0.2) is 77.6 Å². The summed E-state index contributed by atoms with van der Waals surface area (Å²) in [5.74, 6) is -1.28. The lowest BCUT2D eigenvalue weighted by molar-refractivity contribution is -0.199. The Labute approximate surface area is 184 Å². The smallest absolute Gasteiger partial charge is 0.475 e. The quantitative estimate of drug-likeness (QED) is 0.739. The first-order valence-electron chi connectivity index (χ1n) is 10.7. The first-order valence-corrected chi connectivity index (χ1v) is 10.7. The number of carboxylic acid groups (broad SMARTS) is 1. The number of hydroxylamine groups is 2. The predicted molar refractivity (Wildman–Crippen MR) is 106 cm³/mol. The first kappa shape index (κ1) is 24.4. The van der Waals surface area contributed by atoms with Crippen LogP contribution < -0.4 is 0 Å². The van der Waals surface area contributed by atoms with Crippen LogP contribution in [0.3, 0.4) is 0 Å². The Morgan fingerprint density at radius 1 is 1.19 bits per heavy atom. The molecule has 3 aliphatic rings. The zero-order chi connectivity index (χ0) is 23.1. The van der Waals surface area contributed by atoms with Gasteiger partial charge in [0.2, 0.25) is 5.91 Å². The fraction of sp³-hybridized carbons (Fsp3) is 0.667. The summed E-state index contributed by atoms with van der Waals surface area (Å²) in [5.41, 5.74) is 1.11. The van der Waals surface area contributed by atoms with Crippen LogP contribution in [0.2, 0.25) is 0 Å². The topological polar surface area (TPSA) is 92.2 Å². The number of aromatic nitrogens is 1. The number of aliphatic carboxylic acids is 1. The lowest BCUT2D eigenvalue weighted by atomic mass is 9.81. The van der Waals surface area contributed by atoms with E-state index < -0.39 is 12.1 Å². The van der Waals surface area contributed by atoms with Gasteiger partial charge in [-0.15, -0.1) is 0 Å². The molecule has 0 bridgehead atoms. The van der Waals surface area contributed by atoms with Gasteiger partial charge in [-0.2, -0.15) is 13.2 Å². The Hall–Kier alpha value is -2.24. The van der Waals surface area contributed by atoms with Crippen molar-refractivity contribution in [3.63, 3.8) is 0 Å². The summed E-state index contributed by atoms with van der Waals surface area (Å²) in [6.07, 6.45) is -0.611. The molecule has 0 spiro atoms. The molecule has 1 amide bonds. The summed E-state index contributed by atoms with van der Waals surface area (Å²) in [5, 5.41) is 8.70. The van der Waals surface area contributed by atoms with Crippen molar-refractivity contribution < 1.29 is 37.4 Å². The molecule has 0 aliphatic carbocycles. The number of fused-ring (bicyclic) bond motifs is 1. The SMILES string of the molecule is O=C(C[C@@H]1COC[C@H]2CN(Cc3ccccn3)C[C@@H]12)N1CCCCO1.O=C(O)C(F)(F)F. The molecule has 178 valence electrons. The van der Waals surface area contributed by atoms with Crippen molar-refractivity contribution in [2.75, 3.05) is 39.5 Å². The highest BCUT2D eigenvalue weighted by Gasteiger charge is 2.42. The number of carbonyl (C=O) groups is 2. The number of nitrogens with zero attached hydrogens (tertiary/aromatic N) is 3. The summed E-state index contributed by atoms with van der Waals surface area (Å²) in [7, 11) is 0. The van der Waals surface area contributed by atoms with Crippen LogP contribution in [0.5, 0.6) is 0 Å². The maximum atomic E-state index is 12.5. The number of carbonyl (C=O) groups excluding carboxylic acids is 1. The second-order valence-corrected chi connectivity index (χ2v) is 8.28. The number of rotatable bonds is 4. The molecule has 0 radical (unpaired) electrons. The number of amides is 1. The van der Waals surface area contributed by atoms with Crippen molar-refractivity contribution in [3.8, 4) is 0 Å². The van der Waals surface area contributed by atoms with Crippen LogP contribution in [0.15, 0.2) is 24.4 Å². The van der Waals surface area contributed by atoms with E-state index in [1.807, 2.05) is 18.3 Å². The number of carboxylic acids is 1. The van der Waals surface area contributed by atoms with E-state index in [0.717, 1.165) is 51.3 Å². The van der Waals surface area contributed by atoms with Gasteiger partial charge < -0.3 is 9.84 Å². The average Bonchev–Trinajstić information content (AvgIpc) is 3.18. The third-order valence-electron chi connectivity index (χ3n) is 5.91. The van der Waals surface area contributed by atoms with Gasteiger partial charge in [0.25, 0.3) is 0 Å². The molecule has 3 saturated heterocycles. The number of halogens is 3. The molecule has 0 saturated carbocycles. The summed E-state index contributed by atoms with van der Waals surface area (Å²) >= 11 is 0. The fourth-order valence-electron chi connectivity index (χ4n) is 4.37. The van der Waals surface area contributed by atoms with Crippen molar-refractivity contribution in [3.05, 3.63) is 30.1 Å². The summed E-state index contributed by atoms with van der Waals surface area (Å²) < 4.78 is 37.6. The average molecular weight is 459 g/mol. The second-order valence-electron chi connectivity index (χ2n) is 8.28. The minimum atomic E-state index is -5.08. The van der Waals surface area contributed by atoms with Crippen LogP contribution in [0.4, 0.5) is 13.2 Å². The highest BCUT2D eigenvalue weighted by molar-refractivity contribution is 5.75. The van der Waals surface area contributed by atoms with Gasteiger partial charge in [-0.3, -0.25) is 19.5 Å². The van der Waals surface area contributed by atoms with E-state index in [1.165, 1.54) is 0 Å².